The summed E-state index contributed by atoms with van der Waals surface area (Å²) in [7, 11) is 0. The Balaban J connectivity index is 1.04. The third-order valence-corrected chi connectivity index (χ3v) is 7.44. The van der Waals surface area contributed by atoms with Gasteiger partial charge in [-0.3, -0.25) is 14.6 Å². The number of carbonyl (C=O) groups is 1. The molecule has 0 saturated carbocycles. The number of aromatic nitrogens is 2. The zero-order valence-electron chi connectivity index (χ0n) is 20.5. The molecule has 0 spiro atoms. The summed E-state index contributed by atoms with van der Waals surface area (Å²) in [5.41, 5.74) is 1.94. The number of rotatable bonds is 7. The van der Waals surface area contributed by atoms with Crippen molar-refractivity contribution >= 4 is 17.5 Å². The lowest BCUT2D eigenvalue weighted by Crippen LogP contribution is -2.53. The van der Waals surface area contributed by atoms with Gasteiger partial charge in [0.25, 0.3) is 5.91 Å². The summed E-state index contributed by atoms with van der Waals surface area (Å²) in [5, 5.41) is 3.05. The maximum atomic E-state index is 12.5. The predicted octanol–water partition coefficient (Wildman–Crippen LogP) is 1.33. The van der Waals surface area contributed by atoms with Crippen LogP contribution in [0.5, 0.6) is 0 Å². The van der Waals surface area contributed by atoms with Gasteiger partial charge >= 0.3 is 0 Å². The van der Waals surface area contributed by atoms with Crippen molar-refractivity contribution in [3.05, 3.63) is 48.3 Å². The summed E-state index contributed by atoms with van der Waals surface area (Å²) in [5.74, 6) is 0.847. The van der Waals surface area contributed by atoms with Gasteiger partial charge in [-0.25, -0.2) is 9.97 Å². The highest BCUT2D eigenvalue weighted by Gasteiger charge is 2.28. The van der Waals surface area contributed by atoms with Gasteiger partial charge in [0.1, 0.15) is 0 Å². The SMILES string of the molecule is O=C(NCCN1CCOCC1)c1ccc(N2CCC(N3CCN(c4ncccn4)CC3)CC2)cc1. The molecule has 3 aliphatic rings. The number of ether oxygens (including phenoxy) is 1. The minimum Gasteiger partial charge on any atom is -0.379 e. The Morgan fingerprint density at radius 3 is 2.26 bits per heavy atom. The molecule has 9 nitrogen and oxygen atoms in total. The molecule has 0 bridgehead atoms. The number of morpholine rings is 1. The van der Waals surface area contributed by atoms with Crippen LogP contribution in [-0.4, -0.2) is 110 Å². The van der Waals surface area contributed by atoms with Gasteiger partial charge in [-0.15, -0.1) is 0 Å². The van der Waals surface area contributed by atoms with Crippen LogP contribution in [0, 0.1) is 0 Å². The van der Waals surface area contributed by atoms with E-state index in [1.807, 2.05) is 30.6 Å². The third-order valence-electron chi connectivity index (χ3n) is 7.44. The highest BCUT2D eigenvalue weighted by Crippen LogP contribution is 2.24. The number of carbonyl (C=O) groups excluding carboxylic acids is 1. The molecule has 3 fully saturated rings. The van der Waals surface area contributed by atoms with Crippen molar-refractivity contribution in [2.75, 3.05) is 88.5 Å². The summed E-state index contributed by atoms with van der Waals surface area (Å²) in [4.78, 5) is 31.0. The normalized spacial score (nSPS) is 20.7. The Labute approximate surface area is 208 Å². The molecule has 4 heterocycles. The number of piperazine rings is 1. The van der Waals surface area contributed by atoms with E-state index in [1.54, 1.807) is 0 Å². The first-order chi connectivity index (χ1) is 17.3. The molecule has 3 saturated heterocycles. The van der Waals surface area contributed by atoms with E-state index in [4.69, 9.17) is 4.74 Å². The molecular formula is C26H37N7O2. The lowest BCUT2D eigenvalue weighted by Gasteiger charge is -2.43. The van der Waals surface area contributed by atoms with Gasteiger partial charge in [0, 0.05) is 95.1 Å². The summed E-state index contributed by atoms with van der Waals surface area (Å²) >= 11 is 0. The van der Waals surface area contributed by atoms with Crippen LogP contribution >= 0.6 is 0 Å². The quantitative estimate of drug-likeness (QED) is 0.638. The van der Waals surface area contributed by atoms with Gasteiger partial charge in [0.2, 0.25) is 5.95 Å². The van der Waals surface area contributed by atoms with E-state index in [2.05, 4.69) is 47.0 Å². The van der Waals surface area contributed by atoms with Gasteiger partial charge in [-0.1, -0.05) is 0 Å². The van der Waals surface area contributed by atoms with Gasteiger partial charge in [0.15, 0.2) is 0 Å². The second kappa shape index (κ2) is 11.8. The summed E-state index contributed by atoms with van der Waals surface area (Å²) in [6, 6.07) is 10.6. The van der Waals surface area contributed by atoms with E-state index >= 15 is 0 Å². The highest BCUT2D eigenvalue weighted by molar-refractivity contribution is 5.94. The van der Waals surface area contributed by atoms with Crippen molar-refractivity contribution < 1.29 is 9.53 Å². The number of hydrogen-bond acceptors (Lipinski definition) is 8. The Morgan fingerprint density at radius 1 is 0.886 bits per heavy atom. The first-order valence-corrected chi connectivity index (χ1v) is 13.0. The summed E-state index contributed by atoms with van der Waals surface area (Å²) in [6.07, 6.45) is 5.98. The van der Waals surface area contributed by atoms with Gasteiger partial charge in [-0.05, 0) is 43.2 Å². The number of nitrogens with one attached hydrogen (secondary N) is 1. The lowest BCUT2D eigenvalue weighted by atomic mass is 10.0. The maximum Gasteiger partial charge on any atom is 0.251 e. The number of benzene rings is 1. The zero-order valence-corrected chi connectivity index (χ0v) is 20.5. The van der Waals surface area contributed by atoms with Gasteiger partial charge < -0.3 is 19.9 Å². The van der Waals surface area contributed by atoms with Crippen LogP contribution in [0.1, 0.15) is 23.2 Å². The average Bonchev–Trinajstić information content (AvgIpc) is 2.94. The fourth-order valence-corrected chi connectivity index (χ4v) is 5.31. The van der Waals surface area contributed by atoms with Crippen LogP contribution < -0.4 is 15.1 Å². The van der Waals surface area contributed by atoms with Crippen molar-refractivity contribution in [2.24, 2.45) is 0 Å². The van der Waals surface area contributed by atoms with Crippen molar-refractivity contribution in [1.29, 1.82) is 0 Å². The molecule has 3 aliphatic heterocycles. The summed E-state index contributed by atoms with van der Waals surface area (Å²) in [6.45, 7) is 11.2. The second-order valence-corrected chi connectivity index (χ2v) is 9.55. The molecule has 1 aromatic carbocycles. The second-order valence-electron chi connectivity index (χ2n) is 9.55. The number of hydrogen-bond donors (Lipinski definition) is 1. The minimum absolute atomic E-state index is 0.00330. The largest absolute Gasteiger partial charge is 0.379 e. The minimum atomic E-state index is 0.00330. The number of amides is 1. The fourth-order valence-electron chi connectivity index (χ4n) is 5.31. The van der Waals surface area contributed by atoms with Gasteiger partial charge in [-0.2, -0.15) is 0 Å². The molecule has 188 valence electrons. The van der Waals surface area contributed by atoms with Crippen molar-refractivity contribution in [2.45, 2.75) is 18.9 Å². The predicted molar refractivity (Wildman–Crippen MR) is 137 cm³/mol. The lowest BCUT2D eigenvalue weighted by molar-refractivity contribution is 0.0383. The molecule has 5 rings (SSSR count). The average molecular weight is 480 g/mol. The van der Waals surface area contributed by atoms with Crippen LogP contribution in [0.3, 0.4) is 0 Å². The Hall–Kier alpha value is -2.75. The van der Waals surface area contributed by atoms with Crippen LogP contribution in [0.2, 0.25) is 0 Å². The molecular weight excluding hydrogens is 442 g/mol. The molecule has 2 aromatic rings. The fraction of sp³-hybridized carbons (Fsp3) is 0.577. The summed E-state index contributed by atoms with van der Waals surface area (Å²) < 4.78 is 5.37. The van der Waals surface area contributed by atoms with E-state index in [9.17, 15) is 4.79 Å². The number of piperidine rings is 1. The van der Waals surface area contributed by atoms with Crippen LogP contribution in [0.15, 0.2) is 42.7 Å². The molecule has 35 heavy (non-hydrogen) atoms. The first-order valence-electron chi connectivity index (χ1n) is 13.0. The highest BCUT2D eigenvalue weighted by atomic mass is 16.5. The van der Waals surface area contributed by atoms with E-state index in [-0.39, 0.29) is 5.91 Å². The monoisotopic (exact) mass is 479 g/mol. The van der Waals surface area contributed by atoms with E-state index < -0.39 is 0 Å². The molecule has 0 aliphatic carbocycles. The van der Waals surface area contributed by atoms with Crippen molar-refractivity contribution in [3.63, 3.8) is 0 Å². The zero-order chi connectivity index (χ0) is 23.9. The topological polar surface area (TPSA) is 77.1 Å². The Bertz CT molecular complexity index is 920. The van der Waals surface area contributed by atoms with Crippen LogP contribution in [-0.2, 0) is 4.74 Å². The van der Waals surface area contributed by atoms with Gasteiger partial charge in [0.05, 0.1) is 13.2 Å². The van der Waals surface area contributed by atoms with Crippen LogP contribution in [0.25, 0.3) is 0 Å². The van der Waals surface area contributed by atoms with E-state index in [0.717, 1.165) is 83.6 Å². The number of anilines is 2. The van der Waals surface area contributed by atoms with E-state index in [1.165, 1.54) is 18.5 Å². The molecule has 0 atom stereocenters. The van der Waals surface area contributed by atoms with Crippen molar-refractivity contribution in [3.8, 4) is 0 Å². The van der Waals surface area contributed by atoms with E-state index in [0.29, 0.717) is 12.6 Å². The molecule has 1 N–H and O–H groups in total. The Kier molecular flexibility index (Phi) is 8.07. The standard InChI is InChI=1S/C26H37N7O2/c34-25(27-10-13-30-18-20-35-21-19-30)22-2-4-23(5-3-22)31-11-6-24(7-12-31)32-14-16-33(17-15-32)26-28-8-1-9-29-26/h1-5,8-9,24H,6-7,10-21H2,(H,27,34). The molecule has 1 amide bonds. The molecule has 9 heteroatoms. The molecule has 1 aromatic heterocycles. The first kappa shape index (κ1) is 24.0. The maximum absolute atomic E-state index is 12.5. The Morgan fingerprint density at radius 2 is 1.57 bits per heavy atom. The molecule has 0 unspecified atom stereocenters. The van der Waals surface area contributed by atoms with Crippen LogP contribution in [0.4, 0.5) is 11.6 Å². The van der Waals surface area contributed by atoms with Crippen molar-refractivity contribution in [1.82, 2.24) is 25.1 Å². The number of nitrogens with zero attached hydrogens (tertiary/aromatic N) is 6. The molecule has 0 radical (unpaired) electrons. The third kappa shape index (κ3) is 6.28. The smallest absolute Gasteiger partial charge is 0.251 e.